The highest BCUT2D eigenvalue weighted by molar-refractivity contribution is 6.30. The Bertz CT molecular complexity index is 651. The Morgan fingerprint density at radius 3 is 2.21 bits per heavy atom. The highest BCUT2D eigenvalue weighted by Gasteiger charge is 2.20. The van der Waals surface area contributed by atoms with Gasteiger partial charge in [-0.05, 0) is 38.5 Å². The van der Waals surface area contributed by atoms with E-state index in [9.17, 15) is 9.90 Å². The molecular weight excluding hydrogens is 262 g/mol. The Hall–Kier alpha value is -1.74. The lowest BCUT2D eigenvalue weighted by Gasteiger charge is -2.26. The molecule has 0 unspecified atom stereocenters. The van der Waals surface area contributed by atoms with Crippen LogP contribution in [0.3, 0.4) is 0 Å². The number of benzene rings is 1. The van der Waals surface area contributed by atoms with Gasteiger partial charge in [0, 0.05) is 22.7 Å². The van der Waals surface area contributed by atoms with E-state index >= 15 is 0 Å². The Balaban J connectivity index is 2.75. The maximum absolute atomic E-state index is 12.1. The summed E-state index contributed by atoms with van der Waals surface area (Å²) in [6, 6.07) is 10.0. The summed E-state index contributed by atoms with van der Waals surface area (Å²) in [6.45, 7) is 5.85. The topological polar surface area (TPSA) is 42.2 Å². The molecule has 0 bridgehead atoms. The largest absolute Gasteiger partial charge is 0.508 e. The molecule has 0 spiro atoms. The van der Waals surface area contributed by atoms with Crippen LogP contribution < -0.4 is 5.56 Å². The molecule has 100 valence electrons. The molecule has 2 aromatic rings. The van der Waals surface area contributed by atoms with Gasteiger partial charge in [0.05, 0.1) is 5.69 Å². The normalized spacial score (nSPS) is 11.6. The third kappa shape index (κ3) is 2.82. The van der Waals surface area contributed by atoms with Gasteiger partial charge in [-0.2, -0.15) is 0 Å². The van der Waals surface area contributed by atoms with Crippen molar-refractivity contribution in [2.45, 2.75) is 26.3 Å². The van der Waals surface area contributed by atoms with Crippen molar-refractivity contribution in [3.63, 3.8) is 0 Å². The molecule has 3 nitrogen and oxygen atoms in total. The first-order chi connectivity index (χ1) is 8.79. The van der Waals surface area contributed by atoms with Gasteiger partial charge in [-0.1, -0.05) is 23.7 Å². The molecule has 2 rings (SSSR count). The molecule has 1 heterocycles. The molecule has 0 radical (unpaired) electrons. The second kappa shape index (κ2) is 4.74. The van der Waals surface area contributed by atoms with Crippen LogP contribution >= 0.6 is 11.6 Å². The highest BCUT2D eigenvalue weighted by atomic mass is 35.5. The van der Waals surface area contributed by atoms with Crippen molar-refractivity contribution in [1.29, 1.82) is 0 Å². The summed E-state index contributed by atoms with van der Waals surface area (Å²) in [4.78, 5) is 12.1. The lowest BCUT2D eigenvalue weighted by Crippen LogP contribution is -2.34. The Morgan fingerprint density at radius 2 is 1.68 bits per heavy atom. The Morgan fingerprint density at radius 1 is 1.11 bits per heavy atom. The van der Waals surface area contributed by atoms with Gasteiger partial charge in [0.1, 0.15) is 5.75 Å². The number of hydrogen-bond acceptors (Lipinski definition) is 2. The van der Waals surface area contributed by atoms with Crippen molar-refractivity contribution in [1.82, 2.24) is 4.57 Å². The van der Waals surface area contributed by atoms with Crippen LogP contribution in [0.5, 0.6) is 5.75 Å². The first kappa shape index (κ1) is 13.7. The number of pyridine rings is 1. The van der Waals surface area contributed by atoms with Crippen LogP contribution in [0.4, 0.5) is 0 Å². The summed E-state index contributed by atoms with van der Waals surface area (Å²) in [5.74, 6) is -0.0320. The number of halogens is 1. The molecule has 4 heteroatoms. The second-order valence-electron chi connectivity index (χ2n) is 5.45. The van der Waals surface area contributed by atoms with E-state index in [1.165, 1.54) is 6.07 Å². The van der Waals surface area contributed by atoms with Gasteiger partial charge >= 0.3 is 0 Å². The van der Waals surface area contributed by atoms with Crippen LogP contribution in [0.1, 0.15) is 20.8 Å². The fraction of sp³-hybridized carbons (Fsp3) is 0.267. The standard InChI is InChI=1S/C15H16ClNO2/c1-15(2,3)17-13(8-12(18)9-14(17)19)10-4-6-11(16)7-5-10/h4-9,18H,1-3H3. The minimum Gasteiger partial charge on any atom is -0.508 e. The summed E-state index contributed by atoms with van der Waals surface area (Å²) in [5.41, 5.74) is 0.915. The quantitative estimate of drug-likeness (QED) is 0.865. The molecule has 0 saturated carbocycles. The zero-order valence-corrected chi connectivity index (χ0v) is 11.9. The Labute approximate surface area is 117 Å². The molecule has 1 aromatic carbocycles. The third-order valence-electron chi connectivity index (χ3n) is 2.83. The van der Waals surface area contributed by atoms with E-state index in [0.29, 0.717) is 10.7 Å². The molecule has 0 atom stereocenters. The monoisotopic (exact) mass is 277 g/mol. The van der Waals surface area contributed by atoms with Crippen LogP contribution in [-0.2, 0) is 5.54 Å². The summed E-state index contributed by atoms with van der Waals surface area (Å²) in [6.07, 6.45) is 0. The van der Waals surface area contributed by atoms with Gasteiger partial charge in [-0.15, -0.1) is 0 Å². The van der Waals surface area contributed by atoms with E-state index in [1.54, 1.807) is 22.8 Å². The summed E-state index contributed by atoms with van der Waals surface area (Å²) >= 11 is 5.87. The SMILES string of the molecule is CC(C)(C)n1c(-c2ccc(Cl)cc2)cc(O)cc1=O. The van der Waals surface area contributed by atoms with Crippen LogP contribution in [0.25, 0.3) is 11.3 Å². The minimum absolute atomic E-state index is 0.0320. The molecule has 1 N–H and O–H groups in total. The van der Waals surface area contributed by atoms with Gasteiger partial charge in [-0.3, -0.25) is 4.79 Å². The van der Waals surface area contributed by atoms with E-state index in [0.717, 1.165) is 5.56 Å². The van der Waals surface area contributed by atoms with Gasteiger partial charge < -0.3 is 9.67 Å². The summed E-state index contributed by atoms with van der Waals surface area (Å²) in [5, 5.41) is 10.3. The average molecular weight is 278 g/mol. The number of hydrogen-bond donors (Lipinski definition) is 1. The van der Waals surface area contributed by atoms with E-state index in [-0.39, 0.29) is 16.8 Å². The second-order valence-corrected chi connectivity index (χ2v) is 5.89. The van der Waals surface area contributed by atoms with Crippen molar-refractivity contribution < 1.29 is 5.11 Å². The zero-order valence-electron chi connectivity index (χ0n) is 11.1. The predicted octanol–water partition coefficient (Wildman–Crippen LogP) is 3.63. The molecule has 0 amide bonds. The number of aromatic hydroxyl groups is 1. The molecule has 1 aromatic heterocycles. The van der Waals surface area contributed by atoms with E-state index in [1.807, 2.05) is 32.9 Å². The number of nitrogens with zero attached hydrogens (tertiary/aromatic N) is 1. The van der Waals surface area contributed by atoms with Crippen LogP contribution in [-0.4, -0.2) is 9.67 Å². The van der Waals surface area contributed by atoms with Gasteiger partial charge in [0.25, 0.3) is 5.56 Å². The lowest BCUT2D eigenvalue weighted by molar-refractivity contribution is 0.384. The average Bonchev–Trinajstić information content (AvgIpc) is 2.26. The van der Waals surface area contributed by atoms with Gasteiger partial charge in [0.2, 0.25) is 0 Å². The molecule has 0 aliphatic carbocycles. The summed E-state index contributed by atoms with van der Waals surface area (Å²) in [7, 11) is 0. The van der Waals surface area contributed by atoms with E-state index in [2.05, 4.69) is 0 Å². The fourth-order valence-corrected chi connectivity index (χ4v) is 2.21. The van der Waals surface area contributed by atoms with Crippen molar-refractivity contribution >= 4 is 11.6 Å². The Kier molecular flexibility index (Phi) is 3.42. The summed E-state index contributed by atoms with van der Waals surface area (Å²) < 4.78 is 1.66. The molecule has 0 saturated heterocycles. The molecule has 19 heavy (non-hydrogen) atoms. The molecule has 0 aliphatic heterocycles. The van der Waals surface area contributed by atoms with E-state index < -0.39 is 0 Å². The van der Waals surface area contributed by atoms with Gasteiger partial charge in [-0.25, -0.2) is 0 Å². The van der Waals surface area contributed by atoms with Crippen molar-refractivity contribution in [3.8, 4) is 17.0 Å². The van der Waals surface area contributed by atoms with E-state index in [4.69, 9.17) is 11.6 Å². The molecular formula is C15H16ClNO2. The maximum atomic E-state index is 12.1. The fourth-order valence-electron chi connectivity index (χ4n) is 2.08. The minimum atomic E-state index is -0.375. The van der Waals surface area contributed by atoms with Crippen molar-refractivity contribution in [2.24, 2.45) is 0 Å². The van der Waals surface area contributed by atoms with Crippen LogP contribution in [0, 0.1) is 0 Å². The predicted molar refractivity (Wildman–Crippen MR) is 77.8 cm³/mol. The van der Waals surface area contributed by atoms with Crippen molar-refractivity contribution in [3.05, 3.63) is 51.8 Å². The van der Waals surface area contributed by atoms with Crippen LogP contribution in [0.2, 0.25) is 5.02 Å². The first-order valence-corrected chi connectivity index (χ1v) is 6.39. The maximum Gasteiger partial charge on any atom is 0.255 e. The number of rotatable bonds is 1. The molecule has 0 fully saturated rings. The smallest absolute Gasteiger partial charge is 0.255 e. The number of aromatic nitrogens is 1. The zero-order chi connectivity index (χ0) is 14.2. The molecule has 0 aliphatic rings. The lowest BCUT2D eigenvalue weighted by atomic mass is 10.0. The van der Waals surface area contributed by atoms with Gasteiger partial charge in [0.15, 0.2) is 0 Å². The van der Waals surface area contributed by atoms with Crippen molar-refractivity contribution in [2.75, 3.05) is 0 Å². The van der Waals surface area contributed by atoms with Crippen LogP contribution in [0.15, 0.2) is 41.2 Å². The third-order valence-corrected chi connectivity index (χ3v) is 3.08. The highest BCUT2D eigenvalue weighted by Crippen LogP contribution is 2.27. The first-order valence-electron chi connectivity index (χ1n) is 6.01.